The molecule has 2 aromatic heterocycles. The van der Waals surface area contributed by atoms with Gasteiger partial charge in [-0.15, -0.1) is 11.3 Å². The maximum atomic E-state index is 12.6. The van der Waals surface area contributed by atoms with Crippen molar-refractivity contribution in [1.82, 2.24) is 14.9 Å². The molecule has 1 amide bonds. The number of pyridine rings is 1. The summed E-state index contributed by atoms with van der Waals surface area (Å²) in [6.07, 6.45) is 3.83. The second kappa shape index (κ2) is 5.81. The van der Waals surface area contributed by atoms with Crippen molar-refractivity contribution >= 4 is 23.1 Å². The summed E-state index contributed by atoms with van der Waals surface area (Å²) in [5, 5.41) is 1.81. The number of likely N-dealkylation sites (tertiary alicyclic amines) is 1. The third-order valence-electron chi connectivity index (χ3n) is 3.78. The first-order valence-corrected chi connectivity index (χ1v) is 7.93. The van der Waals surface area contributed by atoms with Crippen LogP contribution in [0.3, 0.4) is 0 Å². The largest absolute Gasteiger partial charge is 0.363 e. The van der Waals surface area contributed by atoms with E-state index >= 15 is 0 Å². The third kappa shape index (κ3) is 2.76. The van der Waals surface area contributed by atoms with E-state index in [2.05, 4.69) is 16.0 Å². The van der Waals surface area contributed by atoms with Crippen LogP contribution in [0.5, 0.6) is 0 Å². The first-order chi connectivity index (χ1) is 10.2. The van der Waals surface area contributed by atoms with Crippen molar-refractivity contribution in [3.63, 3.8) is 0 Å². The van der Waals surface area contributed by atoms with Crippen molar-refractivity contribution in [3.8, 4) is 0 Å². The molecule has 0 aliphatic carbocycles. The monoisotopic (exact) mass is 302 g/mol. The molecule has 1 aliphatic heterocycles. The highest BCUT2D eigenvalue weighted by atomic mass is 32.1. The molecule has 0 N–H and O–H groups in total. The lowest BCUT2D eigenvalue weighted by Gasteiger charge is -2.25. The third-order valence-corrected chi connectivity index (χ3v) is 4.36. The van der Waals surface area contributed by atoms with Gasteiger partial charge in [-0.1, -0.05) is 0 Å². The number of nitrogens with zero attached hydrogens (tertiary/aromatic N) is 4. The Hall–Kier alpha value is -1.95. The molecule has 1 saturated heterocycles. The van der Waals surface area contributed by atoms with Crippen molar-refractivity contribution in [2.24, 2.45) is 0 Å². The molecule has 21 heavy (non-hydrogen) atoms. The summed E-state index contributed by atoms with van der Waals surface area (Å²) >= 11 is 1.45. The maximum absolute atomic E-state index is 12.6. The van der Waals surface area contributed by atoms with Crippen molar-refractivity contribution in [2.75, 3.05) is 25.5 Å². The Morgan fingerprint density at radius 2 is 2.29 bits per heavy atom. The first kappa shape index (κ1) is 14.0. The number of hydrogen-bond acceptors (Lipinski definition) is 5. The Bertz CT molecular complexity index is 626. The number of thiazole rings is 1. The zero-order valence-electron chi connectivity index (χ0n) is 12.2. The van der Waals surface area contributed by atoms with Gasteiger partial charge in [0.1, 0.15) is 11.5 Å². The standard InChI is InChI=1S/C15H18N4OS/c1-18(2)14-8-11(5-6-16-14)13-4-3-7-19(13)15(20)12-9-21-10-17-12/h5-6,8-10,13H,3-4,7H2,1-2H3/t13-/m0/s1. The number of aromatic nitrogens is 2. The van der Waals surface area contributed by atoms with Crippen LogP contribution in [-0.4, -0.2) is 41.4 Å². The van der Waals surface area contributed by atoms with Gasteiger partial charge in [-0.3, -0.25) is 4.79 Å². The molecule has 0 saturated carbocycles. The smallest absolute Gasteiger partial charge is 0.273 e. The van der Waals surface area contributed by atoms with E-state index in [-0.39, 0.29) is 11.9 Å². The fourth-order valence-corrected chi connectivity index (χ4v) is 3.23. The molecule has 0 bridgehead atoms. The molecule has 3 rings (SSSR count). The second-order valence-corrected chi connectivity index (χ2v) is 6.09. The highest BCUT2D eigenvalue weighted by molar-refractivity contribution is 7.07. The summed E-state index contributed by atoms with van der Waals surface area (Å²) in [4.78, 5) is 24.9. The Kier molecular flexibility index (Phi) is 3.88. The predicted octanol–water partition coefficient (Wildman–Crippen LogP) is 2.58. The molecule has 0 radical (unpaired) electrons. The zero-order chi connectivity index (χ0) is 14.8. The molecule has 1 aliphatic rings. The normalized spacial score (nSPS) is 18.0. The van der Waals surface area contributed by atoms with Crippen LogP contribution in [-0.2, 0) is 0 Å². The topological polar surface area (TPSA) is 49.3 Å². The van der Waals surface area contributed by atoms with Crippen LogP contribution in [0.4, 0.5) is 5.82 Å². The molecule has 0 aromatic carbocycles. The molecule has 0 spiro atoms. The van der Waals surface area contributed by atoms with E-state index in [1.165, 1.54) is 11.3 Å². The minimum Gasteiger partial charge on any atom is -0.363 e. The average Bonchev–Trinajstić information content (AvgIpc) is 3.18. The minimum atomic E-state index is 0.0296. The van der Waals surface area contributed by atoms with E-state index in [1.54, 1.807) is 5.51 Å². The summed E-state index contributed by atoms with van der Waals surface area (Å²) in [5.41, 5.74) is 3.40. The molecule has 110 valence electrons. The van der Waals surface area contributed by atoms with Crippen LogP contribution in [0.15, 0.2) is 29.2 Å². The van der Waals surface area contributed by atoms with Crippen LogP contribution in [0, 0.1) is 0 Å². The predicted molar refractivity (Wildman–Crippen MR) is 83.7 cm³/mol. The van der Waals surface area contributed by atoms with E-state index in [0.29, 0.717) is 5.69 Å². The summed E-state index contributed by atoms with van der Waals surface area (Å²) in [6.45, 7) is 0.792. The number of rotatable bonds is 3. The Morgan fingerprint density at radius 1 is 1.43 bits per heavy atom. The average molecular weight is 302 g/mol. The van der Waals surface area contributed by atoms with E-state index in [4.69, 9.17) is 0 Å². The molecular formula is C15H18N4OS. The summed E-state index contributed by atoms with van der Waals surface area (Å²) in [6, 6.07) is 4.20. The van der Waals surface area contributed by atoms with Gasteiger partial charge in [-0.25, -0.2) is 9.97 Å². The van der Waals surface area contributed by atoms with Crippen molar-refractivity contribution in [1.29, 1.82) is 0 Å². The molecule has 1 fully saturated rings. The van der Waals surface area contributed by atoms with E-state index < -0.39 is 0 Å². The molecule has 2 aromatic rings. The summed E-state index contributed by atoms with van der Waals surface area (Å²) < 4.78 is 0. The van der Waals surface area contributed by atoms with Gasteiger partial charge in [0.25, 0.3) is 5.91 Å². The summed E-state index contributed by atoms with van der Waals surface area (Å²) in [7, 11) is 3.94. The minimum absolute atomic E-state index is 0.0296. The number of anilines is 1. The van der Waals surface area contributed by atoms with Crippen LogP contribution in [0.1, 0.15) is 34.9 Å². The van der Waals surface area contributed by atoms with Gasteiger partial charge >= 0.3 is 0 Å². The first-order valence-electron chi connectivity index (χ1n) is 6.99. The fourth-order valence-electron chi connectivity index (χ4n) is 2.71. The quantitative estimate of drug-likeness (QED) is 0.874. The molecule has 1 atom stereocenters. The Labute approximate surface area is 128 Å². The molecule has 5 nitrogen and oxygen atoms in total. The van der Waals surface area contributed by atoms with Gasteiger partial charge in [0.2, 0.25) is 0 Å². The lowest BCUT2D eigenvalue weighted by molar-refractivity contribution is 0.0730. The van der Waals surface area contributed by atoms with Crippen molar-refractivity contribution in [3.05, 3.63) is 40.5 Å². The number of amides is 1. The van der Waals surface area contributed by atoms with Crippen LogP contribution in [0.2, 0.25) is 0 Å². The SMILES string of the molecule is CN(C)c1cc([C@@H]2CCCN2C(=O)c2cscn2)ccn1. The van der Waals surface area contributed by atoms with Gasteiger partial charge in [-0.2, -0.15) is 0 Å². The molecule has 3 heterocycles. The van der Waals surface area contributed by atoms with Gasteiger partial charge in [0.05, 0.1) is 11.6 Å². The van der Waals surface area contributed by atoms with Gasteiger partial charge in [-0.05, 0) is 30.5 Å². The number of carbonyl (C=O) groups is 1. The lowest BCUT2D eigenvalue weighted by atomic mass is 10.1. The number of hydrogen-bond donors (Lipinski definition) is 0. The van der Waals surface area contributed by atoms with Gasteiger partial charge < -0.3 is 9.80 Å². The van der Waals surface area contributed by atoms with E-state index in [1.807, 2.05) is 41.5 Å². The van der Waals surface area contributed by atoms with Gasteiger partial charge in [0.15, 0.2) is 0 Å². The van der Waals surface area contributed by atoms with Crippen molar-refractivity contribution < 1.29 is 4.79 Å². The van der Waals surface area contributed by atoms with Crippen molar-refractivity contribution in [2.45, 2.75) is 18.9 Å². The van der Waals surface area contributed by atoms with Gasteiger partial charge in [0, 0.05) is 32.2 Å². The van der Waals surface area contributed by atoms with E-state index in [9.17, 15) is 4.79 Å². The number of carbonyl (C=O) groups excluding carboxylic acids is 1. The Balaban J connectivity index is 1.87. The molecular weight excluding hydrogens is 284 g/mol. The highest BCUT2D eigenvalue weighted by Gasteiger charge is 2.31. The van der Waals surface area contributed by atoms with E-state index in [0.717, 1.165) is 30.8 Å². The summed E-state index contributed by atoms with van der Waals surface area (Å²) in [5.74, 6) is 0.947. The van der Waals surface area contributed by atoms with Crippen LogP contribution >= 0.6 is 11.3 Å². The van der Waals surface area contributed by atoms with Crippen LogP contribution in [0.25, 0.3) is 0 Å². The Morgan fingerprint density at radius 3 is 3.00 bits per heavy atom. The zero-order valence-corrected chi connectivity index (χ0v) is 13.0. The fraction of sp³-hybridized carbons (Fsp3) is 0.400. The maximum Gasteiger partial charge on any atom is 0.273 e. The molecule has 6 heteroatoms. The van der Waals surface area contributed by atoms with Crippen LogP contribution < -0.4 is 4.90 Å². The molecule has 0 unspecified atom stereocenters. The highest BCUT2D eigenvalue weighted by Crippen LogP contribution is 2.33. The lowest BCUT2D eigenvalue weighted by Crippen LogP contribution is -2.30. The second-order valence-electron chi connectivity index (χ2n) is 5.37.